The lowest BCUT2D eigenvalue weighted by Crippen LogP contribution is -2.28. The second kappa shape index (κ2) is 5.00. The van der Waals surface area contributed by atoms with Gasteiger partial charge in [-0.15, -0.1) is 11.3 Å². The Bertz CT molecular complexity index is 618. The van der Waals surface area contributed by atoms with Crippen LogP contribution >= 0.6 is 35.2 Å². The van der Waals surface area contributed by atoms with Crippen molar-refractivity contribution in [3.63, 3.8) is 0 Å². The van der Waals surface area contributed by atoms with Gasteiger partial charge in [-0.1, -0.05) is 23.8 Å². The first kappa shape index (κ1) is 12.3. The van der Waals surface area contributed by atoms with Crippen LogP contribution in [0.5, 0.6) is 0 Å². The van der Waals surface area contributed by atoms with Crippen LogP contribution < -0.4 is 11.3 Å². The number of pyridine rings is 1. The summed E-state index contributed by atoms with van der Waals surface area (Å²) in [7, 11) is 0. The SMILES string of the molecule is NC(=S)c1cccn(Cc2ccc(Cl)s2)c1=O. The summed E-state index contributed by atoms with van der Waals surface area (Å²) in [6.07, 6.45) is 1.71. The highest BCUT2D eigenvalue weighted by molar-refractivity contribution is 7.80. The molecular weight excluding hydrogens is 276 g/mol. The highest BCUT2D eigenvalue weighted by atomic mass is 35.5. The second-order valence-electron chi connectivity index (χ2n) is 3.42. The van der Waals surface area contributed by atoms with Crippen LogP contribution in [0.15, 0.2) is 35.3 Å². The van der Waals surface area contributed by atoms with Crippen LogP contribution in [0.3, 0.4) is 0 Å². The van der Waals surface area contributed by atoms with E-state index in [4.69, 9.17) is 29.6 Å². The van der Waals surface area contributed by atoms with Crippen LogP contribution in [0.4, 0.5) is 0 Å². The Morgan fingerprint density at radius 3 is 2.82 bits per heavy atom. The van der Waals surface area contributed by atoms with Crippen LogP contribution in [0.1, 0.15) is 10.4 Å². The minimum absolute atomic E-state index is 0.119. The Kier molecular flexibility index (Phi) is 3.61. The summed E-state index contributed by atoms with van der Waals surface area (Å²) in [4.78, 5) is 13.1. The lowest BCUT2D eigenvalue weighted by atomic mass is 10.3. The van der Waals surface area contributed by atoms with Crippen molar-refractivity contribution in [1.29, 1.82) is 0 Å². The zero-order chi connectivity index (χ0) is 12.4. The van der Waals surface area contributed by atoms with E-state index in [2.05, 4.69) is 0 Å². The van der Waals surface area contributed by atoms with E-state index in [1.807, 2.05) is 12.1 Å². The van der Waals surface area contributed by atoms with Crippen molar-refractivity contribution in [3.8, 4) is 0 Å². The average Bonchev–Trinajstić information content (AvgIpc) is 2.67. The quantitative estimate of drug-likeness (QED) is 0.880. The van der Waals surface area contributed by atoms with E-state index in [0.717, 1.165) is 4.88 Å². The molecule has 0 amide bonds. The van der Waals surface area contributed by atoms with Gasteiger partial charge < -0.3 is 10.3 Å². The molecule has 2 aromatic rings. The molecule has 0 spiro atoms. The predicted octanol–water partition coefficient (Wildman–Crippen LogP) is 2.25. The molecule has 0 fully saturated rings. The first-order valence-electron chi connectivity index (χ1n) is 4.81. The van der Waals surface area contributed by atoms with Crippen LogP contribution in [0.25, 0.3) is 0 Å². The Balaban J connectivity index is 2.37. The number of thiocarbonyl (C=S) groups is 1. The molecule has 0 saturated heterocycles. The maximum absolute atomic E-state index is 12.0. The third kappa shape index (κ3) is 2.74. The van der Waals surface area contributed by atoms with Crippen molar-refractivity contribution in [2.45, 2.75) is 6.54 Å². The molecule has 0 radical (unpaired) electrons. The lowest BCUT2D eigenvalue weighted by Gasteiger charge is -2.05. The predicted molar refractivity (Wildman–Crippen MR) is 75.0 cm³/mol. The number of hydrogen-bond donors (Lipinski definition) is 1. The van der Waals surface area contributed by atoms with Gasteiger partial charge in [0.05, 0.1) is 16.4 Å². The summed E-state index contributed by atoms with van der Waals surface area (Å²) < 4.78 is 2.27. The summed E-state index contributed by atoms with van der Waals surface area (Å²) in [6, 6.07) is 7.09. The van der Waals surface area contributed by atoms with E-state index in [1.54, 1.807) is 22.9 Å². The highest BCUT2D eigenvalue weighted by Gasteiger charge is 2.06. The molecule has 0 aromatic carbocycles. The normalized spacial score (nSPS) is 10.4. The molecule has 88 valence electrons. The van der Waals surface area contributed by atoms with E-state index in [9.17, 15) is 4.79 Å². The van der Waals surface area contributed by atoms with Gasteiger partial charge in [-0.25, -0.2) is 0 Å². The minimum atomic E-state index is -0.176. The standard InChI is InChI=1S/C11H9ClN2OS2/c12-9-4-3-7(17-9)6-14-5-1-2-8(10(13)16)11(14)15/h1-5H,6H2,(H2,13,16). The van der Waals surface area contributed by atoms with Crippen molar-refractivity contribution in [2.24, 2.45) is 5.73 Å². The summed E-state index contributed by atoms with van der Waals surface area (Å²) in [6.45, 7) is 0.479. The van der Waals surface area contributed by atoms with Crippen LogP contribution in [0.2, 0.25) is 4.34 Å². The third-order valence-electron chi connectivity index (χ3n) is 2.24. The van der Waals surface area contributed by atoms with Crippen LogP contribution in [0, 0.1) is 0 Å². The molecule has 0 bridgehead atoms. The summed E-state index contributed by atoms with van der Waals surface area (Å²) in [5, 5.41) is 0. The van der Waals surface area contributed by atoms with Crippen molar-refractivity contribution in [1.82, 2.24) is 4.57 Å². The van der Waals surface area contributed by atoms with E-state index >= 15 is 0 Å². The highest BCUT2D eigenvalue weighted by Crippen LogP contribution is 2.21. The molecule has 6 heteroatoms. The van der Waals surface area contributed by atoms with Gasteiger partial charge in [-0.3, -0.25) is 4.79 Å². The Morgan fingerprint density at radius 1 is 1.47 bits per heavy atom. The monoisotopic (exact) mass is 284 g/mol. The summed E-state index contributed by atoms with van der Waals surface area (Å²) in [5.74, 6) is 0. The first-order valence-corrected chi connectivity index (χ1v) is 6.41. The Hall–Kier alpha value is -1.17. The fourth-order valence-corrected chi connectivity index (χ4v) is 2.70. The molecular formula is C11H9ClN2OS2. The van der Waals surface area contributed by atoms with Crippen molar-refractivity contribution in [2.75, 3.05) is 0 Å². The largest absolute Gasteiger partial charge is 0.389 e. The van der Waals surface area contributed by atoms with Gasteiger partial charge in [0.25, 0.3) is 5.56 Å². The molecule has 2 aromatic heterocycles. The number of thiophene rings is 1. The number of halogens is 1. The topological polar surface area (TPSA) is 48.0 Å². The van der Waals surface area contributed by atoms with Gasteiger partial charge in [0.2, 0.25) is 0 Å². The van der Waals surface area contributed by atoms with Gasteiger partial charge >= 0.3 is 0 Å². The Morgan fingerprint density at radius 2 is 2.24 bits per heavy atom. The molecule has 0 aliphatic carbocycles. The van der Waals surface area contributed by atoms with Crippen molar-refractivity contribution >= 4 is 40.1 Å². The van der Waals surface area contributed by atoms with Crippen LogP contribution in [-0.2, 0) is 6.54 Å². The molecule has 0 unspecified atom stereocenters. The molecule has 2 N–H and O–H groups in total. The van der Waals surface area contributed by atoms with E-state index in [-0.39, 0.29) is 10.5 Å². The number of nitrogens with zero attached hydrogens (tertiary/aromatic N) is 1. The molecule has 0 aliphatic heterocycles. The van der Waals surface area contributed by atoms with Gasteiger partial charge in [-0.2, -0.15) is 0 Å². The number of nitrogens with two attached hydrogens (primary N) is 1. The smallest absolute Gasteiger partial charge is 0.261 e. The molecule has 0 aliphatic rings. The van der Waals surface area contributed by atoms with Crippen LogP contribution in [-0.4, -0.2) is 9.56 Å². The summed E-state index contributed by atoms with van der Waals surface area (Å²) in [5.41, 5.74) is 5.67. The van der Waals surface area contributed by atoms with Crippen molar-refractivity contribution < 1.29 is 0 Å². The molecule has 3 nitrogen and oxygen atoms in total. The minimum Gasteiger partial charge on any atom is -0.389 e. The number of rotatable bonds is 3. The third-order valence-corrected chi connectivity index (χ3v) is 3.68. The van der Waals surface area contributed by atoms with E-state index in [0.29, 0.717) is 16.4 Å². The van der Waals surface area contributed by atoms with Gasteiger partial charge in [0.15, 0.2) is 0 Å². The molecule has 0 saturated carbocycles. The number of hydrogen-bond acceptors (Lipinski definition) is 3. The zero-order valence-electron chi connectivity index (χ0n) is 8.72. The molecule has 0 atom stereocenters. The van der Waals surface area contributed by atoms with E-state index in [1.165, 1.54) is 11.3 Å². The maximum atomic E-state index is 12.0. The lowest BCUT2D eigenvalue weighted by molar-refractivity contribution is 0.768. The Labute approximate surface area is 112 Å². The molecule has 2 rings (SSSR count). The fourth-order valence-electron chi connectivity index (χ4n) is 1.45. The maximum Gasteiger partial charge on any atom is 0.261 e. The molecule has 17 heavy (non-hydrogen) atoms. The van der Waals surface area contributed by atoms with E-state index < -0.39 is 0 Å². The van der Waals surface area contributed by atoms with Gasteiger partial charge in [0.1, 0.15) is 4.99 Å². The first-order chi connectivity index (χ1) is 8.08. The van der Waals surface area contributed by atoms with Crippen molar-refractivity contribution in [3.05, 3.63) is 55.6 Å². The average molecular weight is 285 g/mol. The zero-order valence-corrected chi connectivity index (χ0v) is 11.1. The number of aromatic nitrogens is 1. The fraction of sp³-hybridized carbons (Fsp3) is 0.0909. The van der Waals surface area contributed by atoms with Gasteiger partial charge in [-0.05, 0) is 24.3 Å². The van der Waals surface area contributed by atoms with Gasteiger partial charge in [0, 0.05) is 11.1 Å². The summed E-state index contributed by atoms with van der Waals surface area (Å²) >= 11 is 12.1. The second-order valence-corrected chi connectivity index (χ2v) is 5.66. The molecule has 2 heterocycles.